The Labute approximate surface area is 169 Å². The summed E-state index contributed by atoms with van der Waals surface area (Å²) < 4.78 is 0. The molecule has 0 N–H and O–H groups in total. The number of aryl methyl sites for hydroxylation is 1. The molecule has 4 rings (SSSR count). The lowest BCUT2D eigenvalue weighted by Crippen LogP contribution is -2.21. The molecule has 0 amide bonds. The molecule has 27 heavy (non-hydrogen) atoms. The van der Waals surface area contributed by atoms with Crippen LogP contribution in [0.1, 0.15) is 24.2 Å². The molecule has 0 aliphatic carbocycles. The molecule has 0 unspecified atom stereocenters. The monoisotopic (exact) mass is 396 g/mol. The number of nitrogens with zero attached hydrogens (tertiary/aromatic N) is 4. The zero-order valence-electron chi connectivity index (χ0n) is 15.2. The normalized spacial score (nSPS) is 13.9. The first-order valence-electron chi connectivity index (χ1n) is 9.13. The van der Waals surface area contributed by atoms with Crippen LogP contribution in [0.2, 0.25) is 5.02 Å². The lowest BCUT2D eigenvalue weighted by atomic mass is 10.1. The number of aromatic nitrogens is 3. The van der Waals surface area contributed by atoms with Crippen molar-refractivity contribution >= 4 is 29.2 Å². The number of thioether (sulfide) groups is 1. The molecule has 1 aliphatic heterocycles. The van der Waals surface area contributed by atoms with E-state index in [0.29, 0.717) is 10.8 Å². The van der Waals surface area contributed by atoms with Crippen LogP contribution < -0.4 is 4.90 Å². The van der Waals surface area contributed by atoms with Crippen LogP contribution in [-0.4, -0.2) is 28.3 Å². The average molecular weight is 397 g/mol. The SMILES string of the molecule is Cc1ccc(SCc2nnc(-c3ccc(Cl)cc3)c(N3CCCC3)n2)cc1. The predicted octanol–water partition coefficient (Wildman–Crippen LogP) is 5.39. The van der Waals surface area contributed by atoms with Crippen LogP contribution in [0.4, 0.5) is 5.82 Å². The van der Waals surface area contributed by atoms with Crippen molar-refractivity contribution in [2.75, 3.05) is 18.0 Å². The highest BCUT2D eigenvalue weighted by Crippen LogP contribution is 2.31. The van der Waals surface area contributed by atoms with Crippen LogP contribution in [0.25, 0.3) is 11.3 Å². The maximum absolute atomic E-state index is 6.04. The summed E-state index contributed by atoms with van der Waals surface area (Å²) in [5.74, 6) is 2.40. The van der Waals surface area contributed by atoms with E-state index in [2.05, 4.69) is 46.3 Å². The van der Waals surface area contributed by atoms with Crippen molar-refractivity contribution in [3.8, 4) is 11.3 Å². The Hall–Kier alpha value is -2.11. The van der Waals surface area contributed by atoms with Gasteiger partial charge in [0.1, 0.15) is 5.69 Å². The van der Waals surface area contributed by atoms with Crippen LogP contribution in [0.3, 0.4) is 0 Å². The van der Waals surface area contributed by atoms with Crippen molar-refractivity contribution in [2.45, 2.75) is 30.4 Å². The zero-order chi connectivity index (χ0) is 18.6. The number of anilines is 1. The van der Waals surface area contributed by atoms with Gasteiger partial charge >= 0.3 is 0 Å². The first-order valence-corrected chi connectivity index (χ1v) is 10.5. The van der Waals surface area contributed by atoms with Gasteiger partial charge in [-0.2, -0.15) is 0 Å². The summed E-state index contributed by atoms with van der Waals surface area (Å²) in [7, 11) is 0. The molecular weight excluding hydrogens is 376 g/mol. The minimum absolute atomic E-state index is 0.706. The summed E-state index contributed by atoms with van der Waals surface area (Å²) in [6.07, 6.45) is 2.38. The fourth-order valence-corrected chi connectivity index (χ4v) is 4.01. The largest absolute Gasteiger partial charge is 0.355 e. The van der Waals surface area contributed by atoms with E-state index in [1.54, 1.807) is 11.8 Å². The minimum Gasteiger partial charge on any atom is -0.355 e. The summed E-state index contributed by atoms with van der Waals surface area (Å²) in [4.78, 5) is 8.42. The van der Waals surface area contributed by atoms with E-state index in [-0.39, 0.29) is 0 Å². The van der Waals surface area contributed by atoms with Crippen LogP contribution in [0.15, 0.2) is 53.4 Å². The molecule has 0 spiro atoms. The second kappa shape index (κ2) is 8.28. The number of hydrogen-bond acceptors (Lipinski definition) is 5. The molecule has 0 saturated carbocycles. The first kappa shape index (κ1) is 18.3. The topological polar surface area (TPSA) is 41.9 Å². The van der Waals surface area contributed by atoms with E-state index < -0.39 is 0 Å². The zero-order valence-corrected chi connectivity index (χ0v) is 16.8. The standard InChI is InChI=1S/C21H21ClN4S/c1-15-4-10-18(11-5-15)27-14-19-23-21(26-12-2-3-13-26)20(25-24-19)16-6-8-17(22)9-7-16/h4-11H,2-3,12-14H2,1H3. The van der Waals surface area contributed by atoms with Gasteiger partial charge in [0.05, 0.1) is 5.75 Å². The van der Waals surface area contributed by atoms with Gasteiger partial charge in [-0.15, -0.1) is 22.0 Å². The van der Waals surface area contributed by atoms with Gasteiger partial charge in [0.15, 0.2) is 11.6 Å². The molecule has 1 aromatic heterocycles. The van der Waals surface area contributed by atoms with Gasteiger partial charge in [-0.1, -0.05) is 41.4 Å². The van der Waals surface area contributed by atoms with Crippen molar-refractivity contribution in [1.29, 1.82) is 0 Å². The van der Waals surface area contributed by atoms with Crippen LogP contribution in [-0.2, 0) is 5.75 Å². The second-order valence-electron chi connectivity index (χ2n) is 6.70. The molecular formula is C21H21ClN4S. The summed E-state index contributed by atoms with van der Waals surface area (Å²) >= 11 is 7.77. The van der Waals surface area contributed by atoms with Crippen molar-refractivity contribution in [3.05, 3.63) is 64.9 Å². The summed E-state index contributed by atoms with van der Waals surface area (Å²) in [6, 6.07) is 16.2. The van der Waals surface area contributed by atoms with Crippen molar-refractivity contribution < 1.29 is 0 Å². The van der Waals surface area contributed by atoms with Crippen molar-refractivity contribution in [3.63, 3.8) is 0 Å². The summed E-state index contributed by atoms with van der Waals surface area (Å²) in [5.41, 5.74) is 3.09. The fourth-order valence-electron chi connectivity index (χ4n) is 3.14. The average Bonchev–Trinajstić information content (AvgIpc) is 3.23. The van der Waals surface area contributed by atoms with Gasteiger partial charge in [0.2, 0.25) is 0 Å². The molecule has 138 valence electrons. The molecule has 1 saturated heterocycles. The molecule has 4 nitrogen and oxygen atoms in total. The predicted molar refractivity (Wildman–Crippen MR) is 112 cm³/mol. The van der Waals surface area contributed by atoms with Gasteiger partial charge in [-0.25, -0.2) is 4.98 Å². The van der Waals surface area contributed by atoms with E-state index >= 15 is 0 Å². The Morgan fingerprint density at radius 2 is 1.67 bits per heavy atom. The Balaban J connectivity index is 1.61. The third-order valence-electron chi connectivity index (χ3n) is 4.62. The fraction of sp³-hybridized carbons (Fsp3) is 0.286. The van der Waals surface area contributed by atoms with Crippen LogP contribution in [0, 0.1) is 6.92 Å². The van der Waals surface area contributed by atoms with Crippen LogP contribution in [0.5, 0.6) is 0 Å². The Morgan fingerprint density at radius 1 is 0.963 bits per heavy atom. The van der Waals surface area contributed by atoms with E-state index in [1.807, 2.05) is 24.3 Å². The van der Waals surface area contributed by atoms with Gasteiger partial charge in [0, 0.05) is 28.6 Å². The number of benzene rings is 2. The molecule has 1 fully saturated rings. The quantitative estimate of drug-likeness (QED) is 0.540. The highest BCUT2D eigenvalue weighted by molar-refractivity contribution is 7.98. The summed E-state index contributed by atoms with van der Waals surface area (Å²) in [5, 5.41) is 9.66. The third-order valence-corrected chi connectivity index (χ3v) is 5.88. The van der Waals surface area contributed by atoms with Gasteiger partial charge in [-0.3, -0.25) is 0 Å². The Bertz CT molecular complexity index is 906. The van der Waals surface area contributed by atoms with Crippen molar-refractivity contribution in [1.82, 2.24) is 15.2 Å². The molecule has 3 aromatic rings. The Kier molecular flexibility index (Phi) is 5.60. The number of rotatable bonds is 5. The Morgan fingerprint density at radius 3 is 2.37 bits per heavy atom. The third kappa shape index (κ3) is 4.42. The van der Waals surface area contributed by atoms with E-state index in [0.717, 1.165) is 36.0 Å². The molecule has 2 aromatic carbocycles. The lowest BCUT2D eigenvalue weighted by Gasteiger charge is -2.19. The molecule has 6 heteroatoms. The van der Waals surface area contributed by atoms with E-state index in [4.69, 9.17) is 16.6 Å². The molecule has 0 radical (unpaired) electrons. The first-order chi connectivity index (χ1) is 13.2. The second-order valence-corrected chi connectivity index (χ2v) is 8.19. The maximum atomic E-state index is 6.04. The molecule has 0 atom stereocenters. The van der Waals surface area contributed by atoms with Gasteiger partial charge in [-0.05, 0) is 44.0 Å². The molecule has 2 heterocycles. The smallest absolute Gasteiger partial charge is 0.163 e. The van der Waals surface area contributed by atoms with Crippen LogP contribution >= 0.6 is 23.4 Å². The highest BCUT2D eigenvalue weighted by atomic mass is 35.5. The number of hydrogen-bond donors (Lipinski definition) is 0. The highest BCUT2D eigenvalue weighted by Gasteiger charge is 2.20. The minimum atomic E-state index is 0.706. The molecule has 1 aliphatic rings. The van der Waals surface area contributed by atoms with Gasteiger partial charge < -0.3 is 4.90 Å². The number of halogens is 1. The summed E-state index contributed by atoms with van der Waals surface area (Å²) in [6.45, 7) is 4.13. The van der Waals surface area contributed by atoms with E-state index in [1.165, 1.54) is 23.3 Å². The van der Waals surface area contributed by atoms with E-state index in [9.17, 15) is 0 Å². The van der Waals surface area contributed by atoms with Crippen molar-refractivity contribution in [2.24, 2.45) is 0 Å². The lowest BCUT2D eigenvalue weighted by molar-refractivity contribution is 0.853. The maximum Gasteiger partial charge on any atom is 0.163 e. The van der Waals surface area contributed by atoms with Gasteiger partial charge in [0.25, 0.3) is 0 Å². The molecule has 0 bridgehead atoms.